The largest absolute Gasteiger partial charge is 0.309 e. The molecule has 2 rings (SSSR count). The normalized spacial score (nSPS) is 12.5. The summed E-state index contributed by atoms with van der Waals surface area (Å²) in [7, 11) is 1.72. The predicted molar refractivity (Wildman–Crippen MR) is 76.4 cm³/mol. The summed E-state index contributed by atoms with van der Waals surface area (Å²) in [5.41, 5.74) is 1.22. The van der Waals surface area contributed by atoms with Gasteiger partial charge in [-0.15, -0.1) is 0 Å². The molecule has 1 unspecified atom stereocenters. The van der Waals surface area contributed by atoms with Gasteiger partial charge in [0.1, 0.15) is 11.6 Å². The summed E-state index contributed by atoms with van der Waals surface area (Å²) < 4.78 is 27.5. The van der Waals surface area contributed by atoms with Crippen molar-refractivity contribution < 1.29 is 8.78 Å². The second-order valence-electron chi connectivity index (χ2n) is 4.06. The molecule has 0 heterocycles. The van der Waals surface area contributed by atoms with Crippen molar-refractivity contribution >= 4 is 27.5 Å². The highest BCUT2D eigenvalue weighted by molar-refractivity contribution is 9.10. The van der Waals surface area contributed by atoms with Crippen molar-refractivity contribution in [2.75, 3.05) is 7.05 Å². The topological polar surface area (TPSA) is 12.0 Å². The minimum atomic E-state index is -0.589. The van der Waals surface area contributed by atoms with E-state index in [0.717, 1.165) is 16.1 Å². The fourth-order valence-corrected chi connectivity index (χ4v) is 2.44. The average Bonchev–Trinajstić information content (AvgIpc) is 2.37. The van der Waals surface area contributed by atoms with Crippen LogP contribution in [0.3, 0.4) is 0 Å². The van der Waals surface area contributed by atoms with E-state index >= 15 is 0 Å². The molecule has 0 aliphatic rings. The van der Waals surface area contributed by atoms with Crippen LogP contribution in [0.15, 0.2) is 40.9 Å². The average molecular weight is 347 g/mol. The van der Waals surface area contributed by atoms with E-state index in [4.69, 9.17) is 11.6 Å². The van der Waals surface area contributed by atoms with Gasteiger partial charge in [0.2, 0.25) is 0 Å². The maximum Gasteiger partial charge on any atom is 0.131 e. The molecule has 0 radical (unpaired) electrons. The third-order valence-corrected chi connectivity index (χ3v) is 4.05. The number of nitrogens with one attached hydrogen (secondary N) is 1. The van der Waals surface area contributed by atoms with Crippen LogP contribution in [0.25, 0.3) is 0 Å². The maximum absolute atomic E-state index is 13.8. The molecule has 1 N–H and O–H groups in total. The summed E-state index contributed by atoms with van der Waals surface area (Å²) in [4.78, 5) is 0. The molecule has 0 bridgehead atoms. The number of hydrogen-bond donors (Lipinski definition) is 1. The van der Waals surface area contributed by atoms with Gasteiger partial charge in [0.05, 0.1) is 11.1 Å². The SMILES string of the molecule is CNC(c1ccc(Cl)c(Br)c1)c1ccc(F)cc1F. The molecule has 0 saturated heterocycles. The Kier molecular flexibility index (Phi) is 4.55. The van der Waals surface area contributed by atoms with Gasteiger partial charge in [-0.3, -0.25) is 0 Å². The van der Waals surface area contributed by atoms with Crippen molar-refractivity contribution in [2.24, 2.45) is 0 Å². The van der Waals surface area contributed by atoms with Crippen LogP contribution < -0.4 is 5.32 Å². The zero-order valence-corrected chi connectivity index (χ0v) is 12.4. The van der Waals surface area contributed by atoms with Crippen molar-refractivity contribution in [3.8, 4) is 0 Å². The van der Waals surface area contributed by atoms with Crippen molar-refractivity contribution in [1.29, 1.82) is 0 Å². The summed E-state index contributed by atoms with van der Waals surface area (Å²) in [5.74, 6) is -1.17. The van der Waals surface area contributed by atoms with Gasteiger partial charge in [0.25, 0.3) is 0 Å². The van der Waals surface area contributed by atoms with Gasteiger partial charge in [0, 0.05) is 16.1 Å². The monoisotopic (exact) mass is 345 g/mol. The molecule has 0 aromatic heterocycles. The van der Waals surface area contributed by atoms with E-state index in [9.17, 15) is 8.78 Å². The second-order valence-corrected chi connectivity index (χ2v) is 5.32. The third-order valence-electron chi connectivity index (χ3n) is 2.84. The quantitative estimate of drug-likeness (QED) is 0.850. The van der Waals surface area contributed by atoms with Crippen LogP contribution in [0.1, 0.15) is 17.2 Å². The van der Waals surface area contributed by atoms with Crippen LogP contribution in [-0.4, -0.2) is 7.05 Å². The Morgan fingerprint density at radius 3 is 2.47 bits per heavy atom. The fourth-order valence-electron chi connectivity index (χ4n) is 1.93. The molecular formula is C14H11BrClF2N. The lowest BCUT2D eigenvalue weighted by Crippen LogP contribution is -2.19. The predicted octanol–water partition coefficient (Wildman–Crippen LogP) is 4.69. The molecule has 1 nitrogen and oxygen atoms in total. The van der Waals surface area contributed by atoms with Crippen molar-refractivity contribution in [3.05, 3.63) is 68.7 Å². The molecule has 2 aromatic rings. The van der Waals surface area contributed by atoms with Crippen LogP contribution >= 0.6 is 27.5 Å². The molecule has 0 spiro atoms. The fraction of sp³-hybridized carbons (Fsp3) is 0.143. The summed E-state index contributed by atoms with van der Waals surface area (Å²) in [6.07, 6.45) is 0. The Hall–Kier alpha value is -0.970. The van der Waals surface area contributed by atoms with E-state index in [1.807, 2.05) is 6.07 Å². The van der Waals surface area contributed by atoms with Gasteiger partial charge in [-0.05, 0) is 46.7 Å². The first-order chi connectivity index (χ1) is 9.02. The molecule has 2 aromatic carbocycles. The van der Waals surface area contributed by atoms with Gasteiger partial charge in [-0.1, -0.05) is 23.7 Å². The Morgan fingerprint density at radius 1 is 1.16 bits per heavy atom. The van der Waals surface area contributed by atoms with Crippen LogP contribution in [-0.2, 0) is 0 Å². The highest BCUT2D eigenvalue weighted by Crippen LogP contribution is 2.30. The first-order valence-corrected chi connectivity index (χ1v) is 6.77. The second kappa shape index (κ2) is 5.99. The number of hydrogen-bond acceptors (Lipinski definition) is 1. The van der Waals surface area contributed by atoms with E-state index in [-0.39, 0.29) is 6.04 Å². The lowest BCUT2D eigenvalue weighted by Gasteiger charge is -2.18. The zero-order valence-electron chi connectivity index (χ0n) is 10.1. The van der Waals surface area contributed by atoms with Crippen LogP contribution in [0.5, 0.6) is 0 Å². The van der Waals surface area contributed by atoms with Gasteiger partial charge < -0.3 is 5.32 Å². The minimum Gasteiger partial charge on any atom is -0.309 e. The maximum atomic E-state index is 13.8. The zero-order chi connectivity index (χ0) is 14.0. The van der Waals surface area contributed by atoms with Crippen molar-refractivity contribution in [3.63, 3.8) is 0 Å². The van der Waals surface area contributed by atoms with Crippen LogP contribution in [0.4, 0.5) is 8.78 Å². The molecule has 0 saturated carbocycles. The van der Waals surface area contributed by atoms with Crippen molar-refractivity contribution in [1.82, 2.24) is 5.32 Å². The van der Waals surface area contributed by atoms with E-state index in [2.05, 4.69) is 21.2 Å². The van der Waals surface area contributed by atoms with E-state index in [1.165, 1.54) is 12.1 Å². The van der Waals surface area contributed by atoms with Gasteiger partial charge in [0.15, 0.2) is 0 Å². The Balaban J connectivity index is 2.46. The molecule has 100 valence electrons. The Labute approximate surface area is 123 Å². The first kappa shape index (κ1) is 14.4. The van der Waals surface area contributed by atoms with Gasteiger partial charge >= 0.3 is 0 Å². The summed E-state index contributed by atoms with van der Waals surface area (Å²) in [6.45, 7) is 0. The summed E-state index contributed by atoms with van der Waals surface area (Å²) in [5, 5.41) is 3.60. The lowest BCUT2D eigenvalue weighted by molar-refractivity contribution is 0.551. The van der Waals surface area contributed by atoms with Crippen molar-refractivity contribution in [2.45, 2.75) is 6.04 Å². The van der Waals surface area contributed by atoms with Gasteiger partial charge in [-0.2, -0.15) is 0 Å². The smallest absolute Gasteiger partial charge is 0.131 e. The molecule has 19 heavy (non-hydrogen) atoms. The molecule has 0 aliphatic heterocycles. The molecule has 0 fully saturated rings. The molecule has 0 aliphatic carbocycles. The lowest BCUT2D eigenvalue weighted by atomic mass is 9.98. The highest BCUT2D eigenvalue weighted by Gasteiger charge is 2.17. The minimum absolute atomic E-state index is 0.367. The number of benzene rings is 2. The Bertz CT molecular complexity index is 604. The third kappa shape index (κ3) is 3.14. The molecule has 1 atom stereocenters. The van der Waals surface area contributed by atoms with E-state index < -0.39 is 11.6 Å². The summed E-state index contributed by atoms with van der Waals surface area (Å²) >= 11 is 9.27. The highest BCUT2D eigenvalue weighted by atomic mass is 79.9. The molecule has 0 amide bonds. The van der Waals surface area contributed by atoms with E-state index in [0.29, 0.717) is 10.6 Å². The molecule has 5 heteroatoms. The number of rotatable bonds is 3. The van der Waals surface area contributed by atoms with Crippen LogP contribution in [0.2, 0.25) is 5.02 Å². The van der Waals surface area contributed by atoms with E-state index in [1.54, 1.807) is 19.2 Å². The first-order valence-electron chi connectivity index (χ1n) is 5.60. The van der Waals surface area contributed by atoms with Gasteiger partial charge in [-0.25, -0.2) is 8.78 Å². The Morgan fingerprint density at radius 2 is 1.89 bits per heavy atom. The molecular weight excluding hydrogens is 336 g/mol. The number of halogens is 4. The standard InChI is InChI=1S/C14H11BrClF2N/c1-19-14(8-2-5-12(16)11(15)6-8)10-4-3-9(17)7-13(10)18/h2-7,14,19H,1H3. The van der Waals surface area contributed by atoms with Crippen LogP contribution in [0, 0.1) is 11.6 Å². The summed E-state index contributed by atoms with van der Waals surface area (Å²) in [6, 6.07) is 8.54.